The van der Waals surface area contributed by atoms with E-state index in [0.717, 1.165) is 23.2 Å². The molecule has 3 heterocycles. The molecule has 0 N–H and O–H groups in total. The van der Waals surface area contributed by atoms with E-state index in [1.54, 1.807) is 23.2 Å². The summed E-state index contributed by atoms with van der Waals surface area (Å²) in [7, 11) is 0. The van der Waals surface area contributed by atoms with Gasteiger partial charge in [0, 0.05) is 24.0 Å². The molecule has 0 unspecified atom stereocenters. The molecule has 5 heteroatoms. The van der Waals surface area contributed by atoms with Gasteiger partial charge in [-0.3, -0.25) is 4.98 Å². The smallest absolute Gasteiger partial charge is 0.259 e. The van der Waals surface area contributed by atoms with E-state index in [9.17, 15) is 4.79 Å². The van der Waals surface area contributed by atoms with Crippen molar-refractivity contribution < 1.29 is 0 Å². The van der Waals surface area contributed by atoms with Crippen molar-refractivity contribution in [1.29, 1.82) is 0 Å². The SMILES string of the molecule is CC(C)Cc1ncccc1-n1c(=O)ncc2cccnc21. The first-order valence-corrected chi connectivity index (χ1v) is 6.94. The van der Waals surface area contributed by atoms with Crippen molar-refractivity contribution in [3.63, 3.8) is 0 Å². The summed E-state index contributed by atoms with van der Waals surface area (Å²) in [5.41, 5.74) is 1.91. The molecule has 0 saturated carbocycles. The molecule has 0 aliphatic heterocycles. The fourth-order valence-corrected chi connectivity index (χ4v) is 2.36. The first-order chi connectivity index (χ1) is 10.2. The molecule has 21 heavy (non-hydrogen) atoms. The highest BCUT2D eigenvalue weighted by molar-refractivity contribution is 5.75. The highest BCUT2D eigenvalue weighted by atomic mass is 16.1. The van der Waals surface area contributed by atoms with Gasteiger partial charge in [0.15, 0.2) is 0 Å². The van der Waals surface area contributed by atoms with Gasteiger partial charge in [-0.25, -0.2) is 19.3 Å². The molecule has 0 atom stereocenters. The lowest BCUT2D eigenvalue weighted by atomic mass is 10.1. The van der Waals surface area contributed by atoms with Crippen molar-refractivity contribution in [3.8, 4) is 5.69 Å². The Kier molecular flexibility index (Phi) is 3.48. The van der Waals surface area contributed by atoms with E-state index in [1.807, 2.05) is 24.3 Å². The molecule has 3 aromatic rings. The van der Waals surface area contributed by atoms with E-state index >= 15 is 0 Å². The quantitative estimate of drug-likeness (QED) is 0.739. The van der Waals surface area contributed by atoms with Gasteiger partial charge in [0.05, 0.1) is 11.4 Å². The van der Waals surface area contributed by atoms with Crippen LogP contribution in [-0.2, 0) is 6.42 Å². The van der Waals surface area contributed by atoms with Crippen molar-refractivity contribution in [2.24, 2.45) is 5.92 Å². The molecule has 3 aromatic heterocycles. The van der Waals surface area contributed by atoms with E-state index in [2.05, 4.69) is 28.8 Å². The average molecular weight is 280 g/mol. The Hall–Kier alpha value is -2.56. The molecule has 106 valence electrons. The van der Waals surface area contributed by atoms with Crippen LogP contribution in [-0.4, -0.2) is 19.5 Å². The van der Waals surface area contributed by atoms with Crippen molar-refractivity contribution in [2.75, 3.05) is 0 Å². The number of hydrogen-bond acceptors (Lipinski definition) is 4. The van der Waals surface area contributed by atoms with Crippen LogP contribution in [0.4, 0.5) is 0 Å². The highest BCUT2D eigenvalue weighted by Crippen LogP contribution is 2.18. The van der Waals surface area contributed by atoms with Crippen molar-refractivity contribution >= 4 is 11.0 Å². The average Bonchev–Trinajstić information content (AvgIpc) is 2.48. The van der Waals surface area contributed by atoms with Crippen LogP contribution in [0.2, 0.25) is 0 Å². The van der Waals surface area contributed by atoms with Gasteiger partial charge in [0.2, 0.25) is 0 Å². The van der Waals surface area contributed by atoms with E-state index in [4.69, 9.17) is 0 Å². The summed E-state index contributed by atoms with van der Waals surface area (Å²) >= 11 is 0. The van der Waals surface area contributed by atoms with Crippen LogP contribution in [0.25, 0.3) is 16.7 Å². The summed E-state index contributed by atoms with van der Waals surface area (Å²) in [4.78, 5) is 25.0. The molecule has 3 rings (SSSR count). The van der Waals surface area contributed by atoms with Gasteiger partial charge in [-0.05, 0) is 36.6 Å². The second kappa shape index (κ2) is 5.44. The fourth-order valence-electron chi connectivity index (χ4n) is 2.36. The van der Waals surface area contributed by atoms with Gasteiger partial charge in [-0.15, -0.1) is 0 Å². The molecular weight excluding hydrogens is 264 g/mol. The number of rotatable bonds is 3. The fraction of sp³-hybridized carbons (Fsp3) is 0.250. The summed E-state index contributed by atoms with van der Waals surface area (Å²) in [5, 5.41) is 0.830. The van der Waals surface area contributed by atoms with Gasteiger partial charge in [-0.2, -0.15) is 0 Å². The minimum Gasteiger partial charge on any atom is -0.259 e. The minimum atomic E-state index is -0.334. The van der Waals surface area contributed by atoms with Crippen LogP contribution in [0.5, 0.6) is 0 Å². The van der Waals surface area contributed by atoms with Gasteiger partial charge >= 0.3 is 5.69 Å². The summed E-state index contributed by atoms with van der Waals surface area (Å²) in [6.45, 7) is 4.25. The van der Waals surface area contributed by atoms with Crippen LogP contribution in [0, 0.1) is 5.92 Å². The molecule has 0 amide bonds. The normalized spacial score (nSPS) is 11.2. The Morgan fingerprint density at radius 2 is 1.86 bits per heavy atom. The van der Waals surface area contributed by atoms with Crippen molar-refractivity contribution in [3.05, 3.63) is 59.0 Å². The molecule has 0 bridgehead atoms. The van der Waals surface area contributed by atoms with E-state index in [1.165, 1.54) is 0 Å². The van der Waals surface area contributed by atoms with Crippen LogP contribution in [0.15, 0.2) is 47.7 Å². The zero-order valence-corrected chi connectivity index (χ0v) is 12.0. The van der Waals surface area contributed by atoms with Crippen molar-refractivity contribution in [2.45, 2.75) is 20.3 Å². The third-order valence-electron chi connectivity index (χ3n) is 3.24. The number of nitrogens with zero attached hydrogens (tertiary/aromatic N) is 4. The third kappa shape index (κ3) is 2.54. The molecule has 0 aliphatic carbocycles. The Morgan fingerprint density at radius 3 is 2.67 bits per heavy atom. The van der Waals surface area contributed by atoms with E-state index in [-0.39, 0.29) is 5.69 Å². The molecular formula is C16H16N4O. The van der Waals surface area contributed by atoms with Gasteiger partial charge < -0.3 is 0 Å². The van der Waals surface area contributed by atoms with Gasteiger partial charge in [0.25, 0.3) is 0 Å². The van der Waals surface area contributed by atoms with Crippen LogP contribution in [0.1, 0.15) is 19.5 Å². The maximum Gasteiger partial charge on any atom is 0.353 e. The standard InChI is InChI=1S/C16H16N4O/c1-11(2)9-13-14(6-4-7-17-13)20-15-12(5-3-8-18-15)10-19-16(20)21/h3-8,10-11H,9H2,1-2H3. The van der Waals surface area contributed by atoms with Gasteiger partial charge in [-0.1, -0.05) is 13.8 Å². The summed E-state index contributed by atoms with van der Waals surface area (Å²) in [6.07, 6.45) is 5.78. The predicted octanol–water partition coefficient (Wildman–Crippen LogP) is 2.37. The van der Waals surface area contributed by atoms with Crippen LogP contribution < -0.4 is 5.69 Å². The third-order valence-corrected chi connectivity index (χ3v) is 3.24. The lowest BCUT2D eigenvalue weighted by Crippen LogP contribution is -2.23. The molecule has 0 fully saturated rings. The number of aromatic nitrogens is 4. The highest BCUT2D eigenvalue weighted by Gasteiger charge is 2.13. The Labute approximate surface area is 122 Å². The molecule has 0 aromatic carbocycles. The second-order valence-electron chi connectivity index (χ2n) is 5.36. The molecule has 0 saturated heterocycles. The lowest BCUT2D eigenvalue weighted by Gasteiger charge is -2.13. The molecule has 0 spiro atoms. The van der Waals surface area contributed by atoms with Crippen LogP contribution >= 0.6 is 0 Å². The zero-order valence-electron chi connectivity index (χ0n) is 12.0. The van der Waals surface area contributed by atoms with Crippen molar-refractivity contribution in [1.82, 2.24) is 19.5 Å². The zero-order chi connectivity index (χ0) is 14.8. The number of hydrogen-bond donors (Lipinski definition) is 0. The largest absolute Gasteiger partial charge is 0.353 e. The topological polar surface area (TPSA) is 60.7 Å². The maximum atomic E-state index is 12.3. The van der Waals surface area contributed by atoms with Gasteiger partial charge in [0.1, 0.15) is 5.65 Å². The first-order valence-electron chi connectivity index (χ1n) is 6.94. The minimum absolute atomic E-state index is 0.334. The number of pyridine rings is 2. The first kappa shape index (κ1) is 13.4. The Bertz CT molecular complexity index is 839. The van der Waals surface area contributed by atoms with E-state index < -0.39 is 0 Å². The predicted molar refractivity (Wildman–Crippen MR) is 81.5 cm³/mol. The Morgan fingerprint density at radius 1 is 1.10 bits per heavy atom. The maximum absolute atomic E-state index is 12.3. The summed E-state index contributed by atoms with van der Waals surface area (Å²) < 4.78 is 1.54. The van der Waals surface area contributed by atoms with Crippen LogP contribution in [0.3, 0.4) is 0 Å². The number of fused-ring (bicyclic) bond motifs is 1. The monoisotopic (exact) mass is 280 g/mol. The second-order valence-corrected chi connectivity index (χ2v) is 5.36. The summed E-state index contributed by atoms with van der Waals surface area (Å²) in [6, 6.07) is 7.44. The molecule has 5 nitrogen and oxygen atoms in total. The molecule has 0 radical (unpaired) electrons. The Balaban J connectivity index is 2.31. The molecule has 0 aliphatic rings. The summed E-state index contributed by atoms with van der Waals surface area (Å²) in [5.74, 6) is 0.449. The van der Waals surface area contributed by atoms with E-state index in [0.29, 0.717) is 11.6 Å². The lowest BCUT2D eigenvalue weighted by molar-refractivity contribution is 0.631.